The Morgan fingerprint density at radius 2 is 0.762 bits per heavy atom. The fraction of sp³-hybridized carbons (Fsp3) is 0.489. The van der Waals surface area contributed by atoms with Gasteiger partial charge in [0.15, 0.2) is 8.15 Å². The van der Waals surface area contributed by atoms with Crippen LogP contribution in [0.2, 0.25) is 0 Å². The minimum absolute atomic E-state index is 0.0653. The van der Waals surface area contributed by atoms with Crippen molar-refractivity contribution in [3.63, 3.8) is 0 Å². The fourth-order valence-electron chi connectivity index (χ4n) is 13.0. The topological polar surface area (TPSA) is 267 Å². The van der Waals surface area contributed by atoms with Crippen molar-refractivity contribution in [2.24, 2.45) is 11.8 Å². The number of rotatable bonds is 49. The maximum atomic E-state index is 12.7. The first-order valence-electron chi connectivity index (χ1n) is 42.0. The molecule has 660 valence electrons. The molecule has 6 aromatic carbocycles. The van der Waals surface area contributed by atoms with Crippen LogP contribution in [-0.2, 0) is 42.7 Å². The van der Waals surface area contributed by atoms with Gasteiger partial charge >= 0.3 is 23.9 Å². The van der Waals surface area contributed by atoms with Gasteiger partial charge in [0.05, 0.1) is 100 Å². The highest BCUT2D eigenvalue weighted by Crippen LogP contribution is 2.97. The molecule has 0 bridgehead atoms. The van der Waals surface area contributed by atoms with Gasteiger partial charge in [0.2, 0.25) is 0 Å². The largest absolute Gasteiger partial charge is 0.494 e. The smallest absolute Gasteiger partial charge is 0.330 e. The Hall–Kier alpha value is -4.30. The molecule has 11 unspecified atom stereocenters. The molecule has 0 amide bonds. The summed E-state index contributed by atoms with van der Waals surface area (Å²) in [5.41, 5.74) is 8.30. The average molecular weight is 1890 g/mol. The summed E-state index contributed by atoms with van der Waals surface area (Å²) >= 11 is 0. The molecule has 3 N–H and O–H groups in total. The summed E-state index contributed by atoms with van der Waals surface area (Å²) < 4.78 is 54.7. The number of carbonyl (C=O) groups is 4. The number of esters is 4. The summed E-state index contributed by atoms with van der Waals surface area (Å²) in [5, 5.41) is 37.1. The van der Waals surface area contributed by atoms with Gasteiger partial charge in [0.1, 0.15) is 38.1 Å². The Bertz CT molecular complexity index is 3940. The number of hydrogen-bond acceptors (Lipinski definition) is 18. The number of nitriles is 2. The second-order valence-electron chi connectivity index (χ2n) is 29.6. The van der Waals surface area contributed by atoms with E-state index in [4.69, 9.17) is 68.4 Å². The van der Waals surface area contributed by atoms with Crippen LogP contribution < -0.4 is 18.9 Å². The molecule has 0 aromatic heterocycles. The van der Waals surface area contributed by atoms with Gasteiger partial charge in [0, 0.05) is 27.6 Å². The first-order valence-corrected chi connectivity index (χ1v) is 63.7. The van der Waals surface area contributed by atoms with Crippen LogP contribution >= 0.6 is 95.3 Å². The maximum absolute atomic E-state index is 12.7. The molecule has 32 heteroatoms. The van der Waals surface area contributed by atoms with Crippen LogP contribution in [0.25, 0.3) is 22.3 Å². The molecule has 2 aliphatic carbocycles. The number of aliphatic hydroxyl groups is 2. The van der Waals surface area contributed by atoms with E-state index >= 15 is 0 Å². The van der Waals surface area contributed by atoms with E-state index in [0.29, 0.717) is 88.7 Å². The molecule has 2 saturated carbocycles. The monoisotopic (exact) mass is 1890 g/mol. The van der Waals surface area contributed by atoms with Crippen molar-refractivity contribution in [2.75, 3.05) is 66.2 Å². The van der Waals surface area contributed by atoms with Crippen molar-refractivity contribution in [1.82, 2.24) is 0 Å². The maximum Gasteiger partial charge on any atom is 0.330 e. The average Bonchev–Trinajstić information content (AvgIpc) is 0.885. The minimum Gasteiger partial charge on any atom is -0.494 e. The zero-order valence-electron chi connectivity index (χ0n) is 71.6. The molecule has 2 fully saturated rings. The normalized spacial score (nSPS) is 16.2. The molecule has 0 aliphatic heterocycles. The van der Waals surface area contributed by atoms with Crippen molar-refractivity contribution >= 4 is 134 Å². The SMILES string of the molecule is C=CC(=O)OCCCCCCOc1ccc(-c2ccc(C#N)cc2)cc1.C=CC(=O)OCCCCCCOc1ccc(C2CCC(O)CC2)cc1.CCC(CC(C)C(=O)OCCCCCCOc1ccc(-c2ccc(C#N)cc2)cc1)C(=O)OCCCCCCOc1ccc(C2CCC(O)CC2)cc1.[B]P(C)P(P=O)P(P)P.[B]P(C)P(PO)P(P)P. The number of carbonyl (C=O) groups excluding carboxylic acids is 4. The highest BCUT2D eigenvalue weighted by Gasteiger charge is 2.27. The van der Waals surface area contributed by atoms with E-state index in [2.05, 4.69) is 97.4 Å². The molecule has 0 spiro atoms. The Morgan fingerprint density at radius 3 is 1.01 bits per heavy atom. The highest BCUT2D eigenvalue weighted by atomic mass is 33.0. The lowest BCUT2D eigenvalue weighted by Gasteiger charge is -2.25. The number of nitrogens with zero attached hydrogens (tertiary/aromatic N) is 2. The second kappa shape index (κ2) is 67.9. The van der Waals surface area contributed by atoms with Crippen molar-refractivity contribution in [3.05, 3.63) is 193 Å². The van der Waals surface area contributed by atoms with E-state index < -0.39 is 14.5 Å². The van der Waals surface area contributed by atoms with Gasteiger partial charge < -0.3 is 53.0 Å². The van der Waals surface area contributed by atoms with Gasteiger partial charge in [-0.2, -0.15) is 10.5 Å². The summed E-state index contributed by atoms with van der Waals surface area (Å²) in [6.45, 7) is 17.8. The lowest BCUT2D eigenvalue weighted by atomic mass is 9.83. The highest BCUT2D eigenvalue weighted by molar-refractivity contribution is 8.99. The van der Waals surface area contributed by atoms with Crippen molar-refractivity contribution in [2.45, 2.75) is 205 Å². The standard InChI is InChI=1S/C45H59NO7.C22H23NO3.C21H30O4.CH9BOP6.CH7BOP6/c1-3-36(45(49)53-31-11-7-5-9-29-51-43-26-20-40(21-27-43)38-16-22-41(47)23-17-38)32-34(2)44(48)52-30-10-6-4-8-28-50-42-24-18-39(19-25-42)37-14-12-35(33-46)13-15-37;1-2-22(24)26-16-6-4-3-5-15-25-21-13-11-20(12-14-21)19-9-7-18(17-23)8-10-19;1-2-21(23)25-16-6-4-3-5-15-24-20-13-9-18(10-14-20)17-7-11-19(22)12-8-17;2*1-7(2)9(6-3)8(4)5/h12-15,18-21,24-27,34,36,38,41,47H,3-11,16-17,22-23,28-32H2,1-2H3;2,7-14H,1,3-6,15-16H2;2,9-10,13-14,17,19,22H,1,3-8,11-12,15-16H2;3,6H,4-5H2,1H3;4-5H2,1H3. The number of ether oxygens (including phenoxy) is 8. The van der Waals surface area contributed by atoms with Gasteiger partial charge in [-0.15, -0.1) is 50.7 Å². The van der Waals surface area contributed by atoms with Gasteiger partial charge in [-0.25, -0.2) is 9.59 Å². The summed E-state index contributed by atoms with van der Waals surface area (Å²) in [6.07, 6.45) is 26.2. The quantitative estimate of drug-likeness (QED) is 0.00800. The van der Waals surface area contributed by atoms with E-state index in [1.165, 1.54) is 23.3 Å². The summed E-state index contributed by atoms with van der Waals surface area (Å²) in [4.78, 5) is 55.9. The Balaban J connectivity index is 0.000000376. The van der Waals surface area contributed by atoms with E-state index in [0.717, 1.165) is 199 Å². The van der Waals surface area contributed by atoms with E-state index in [9.17, 15) is 34.0 Å². The van der Waals surface area contributed by atoms with Crippen LogP contribution in [-0.4, -0.2) is 133 Å². The number of unbranched alkanes of at least 4 members (excludes halogenated alkanes) is 12. The number of benzene rings is 6. The zero-order chi connectivity index (χ0) is 89.1. The third-order valence-corrected chi connectivity index (χ3v) is 73.4. The summed E-state index contributed by atoms with van der Waals surface area (Å²) in [6, 6.07) is 52.1. The molecule has 18 nitrogen and oxygen atoms in total. The van der Waals surface area contributed by atoms with Crippen LogP contribution in [0, 0.1) is 34.5 Å². The Morgan fingerprint density at radius 1 is 0.467 bits per heavy atom. The lowest BCUT2D eigenvalue weighted by molar-refractivity contribution is -0.152. The van der Waals surface area contributed by atoms with Gasteiger partial charge in [-0.1, -0.05) is 99.8 Å². The fourth-order valence-corrected chi connectivity index (χ4v) is 49.9. The third-order valence-electron chi connectivity index (χ3n) is 20.1. The van der Waals surface area contributed by atoms with Crippen LogP contribution in [0.5, 0.6) is 23.0 Å². The van der Waals surface area contributed by atoms with E-state index in [1.807, 2.05) is 136 Å². The number of aliphatic hydroxyl groups excluding tert-OH is 2. The molecular weight excluding hydrogens is 1760 g/mol. The lowest BCUT2D eigenvalue weighted by Crippen LogP contribution is -2.24. The molecule has 122 heavy (non-hydrogen) atoms. The Kier molecular flexibility index (Phi) is 61.2. The van der Waals surface area contributed by atoms with E-state index in [-0.39, 0.29) is 93.0 Å². The number of hydrogen-bond donors (Lipinski definition) is 3. The minimum atomic E-state index is -0.476. The van der Waals surface area contributed by atoms with Crippen LogP contribution in [0.1, 0.15) is 215 Å². The van der Waals surface area contributed by atoms with Gasteiger partial charge in [0.25, 0.3) is 0 Å². The van der Waals surface area contributed by atoms with Crippen molar-refractivity contribution in [1.29, 1.82) is 10.5 Å². The molecule has 4 radical (unpaired) electrons. The molecular formula is C90H128B2N2O16P12. The van der Waals surface area contributed by atoms with Crippen LogP contribution in [0.3, 0.4) is 0 Å². The summed E-state index contributed by atoms with van der Waals surface area (Å²) in [5.74, 6) is 2.73. The zero-order valence-corrected chi connectivity index (χ0v) is 83.4. The summed E-state index contributed by atoms with van der Waals surface area (Å²) in [7, 11) is 21.6. The second-order valence-corrected chi connectivity index (χ2v) is 71.4. The van der Waals surface area contributed by atoms with E-state index in [1.54, 1.807) is 0 Å². The van der Waals surface area contributed by atoms with Crippen molar-refractivity contribution in [3.8, 4) is 57.4 Å². The predicted molar refractivity (Wildman–Crippen MR) is 530 cm³/mol. The molecule has 0 heterocycles. The predicted octanol–water partition coefficient (Wildman–Crippen LogP) is 26.0. The van der Waals surface area contributed by atoms with Crippen molar-refractivity contribution < 1.29 is 76.7 Å². The van der Waals surface area contributed by atoms with Gasteiger partial charge in [-0.3, -0.25) is 14.2 Å². The molecule has 6 aromatic rings. The molecule has 8 rings (SSSR count). The third kappa shape index (κ3) is 48.2. The van der Waals surface area contributed by atoms with Crippen LogP contribution in [0.4, 0.5) is 0 Å². The first kappa shape index (κ1) is 110. The molecule has 0 saturated heterocycles. The first-order chi connectivity index (χ1) is 58.9. The molecule has 11 atom stereocenters. The molecule has 2 aliphatic rings. The van der Waals surface area contributed by atoms with Crippen LogP contribution in [0.15, 0.2) is 171 Å². The van der Waals surface area contributed by atoms with Gasteiger partial charge in [-0.05, 0) is 319 Å². The Labute approximate surface area is 749 Å².